The summed E-state index contributed by atoms with van der Waals surface area (Å²) in [6, 6.07) is 12.8. The van der Waals surface area contributed by atoms with Gasteiger partial charge in [-0.15, -0.1) is 0 Å². The number of hydrogen-bond acceptors (Lipinski definition) is 4. The lowest BCUT2D eigenvalue weighted by Crippen LogP contribution is -2.58. The van der Waals surface area contributed by atoms with Crippen LogP contribution in [0.15, 0.2) is 59.8 Å². The number of aromatic nitrogens is 1. The molecule has 2 aliphatic rings. The Labute approximate surface area is 155 Å². The molecule has 2 heterocycles. The molecule has 1 aliphatic carbocycles. The summed E-state index contributed by atoms with van der Waals surface area (Å²) in [5.74, 6) is 0. The first-order valence-electron chi connectivity index (χ1n) is 9.26. The topological polar surface area (TPSA) is 62.3 Å². The van der Waals surface area contributed by atoms with E-state index in [1.165, 1.54) is 5.56 Å². The van der Waals surface area contributed by atoms with Crippen molar-refractivity contribution in [1.82, 2.24) is 14.6 Å². The number of benzene rings is 1. The van der Waals surface area contributed by atoms with E-state index in [9.17, 15) is 8.42 Å². The number of pyridine rings is 1. The molecule has 26 heavy (non-hydrogen) atoms. The maximum absolute atomic E-state index is 12.6. The van der Waals surface area contributed by atoms with Gasteiger partial charge in [-0.05, 0) is 68.0 Å². The van der Waals surface area contributed by atoms with E-state index in [-0.39, 0.29) is 11.5 Å². The van der Waals surface area contributed by atoms with Crippen molar-refractivity contribution in [3.63, 3.8) is 0 Å². The van der Waals surface area contributed by atoms with Crippen molar-refractivity contribution in [3.8, 4) is 0 Å². The van der Waals surface area contributed by atoms with Gasteiger partial charge in [-0.3, -0.25) is 9.88 Å². The monoisotopic (exact) mass is 371 g/mol. The zero-order chi connectivity index (χ0) is 18.0. The molecule has 1 aromatic carbocycles. The zero-order valence-corrected chi connectivity index (χ0v) is 15.7. The van der Waals surface area contributed by atoms with E-state index in [4.69, 9.17) is 0 Å². The summed E-state index contributed by atoms with van der Waals surface area (Å²) in [7, 11) is -3.43. The average Bonchev–Trinajstić information content (AvgIpc) is 2.68. The van der Waals surface area contributed by atoms with Crippen LogP contribution in [0.25, 0.3) is 0 Å². The molecule has 1 aliphatic heterocycles. The highest BCUT2D eigenvalue weighted by molar-refractivity contribution is 7.89. The molecule has 5 nitrogen and oxygen atoms in total. The molecule has 1 atom stereocenters. The molecule has 1 aromatic heterocycles. The SMILES string of the molecule is O=S(=O)(N[C@H]1CCC12CCN(Cc1cccnc1)CC2)c1ccccc1. The molecule has 0 bridgehead atoms. The van der Waals surface area contributed by atoms with Gasteiger partial charge >= 0.3 is 0 Å². The fourth-order valence-electron chi connectivity index (χ4n) is 4.24. The highest BCUT2D eigenvalue weighted by Crippen LogP contribution is 2.49. The van der Waals surface area contributed by atoms with Crippen LogP contribution in [0.2, 0.25) is 0 Å². The molecular formula is C20H25N3O2S. The van der Waals surface area contributed by atoms with Gasteiger partial charge in [0.2, 0.25) is 10.0 Å². The Morgan fingerprint density at radius 3 is 2.46 bits per heavy atom. The Bertz CT molecular complexity index is 832. The number of likely N-dealkylation sites (tertiary alicyclic amines) is 1. The molecule has 1 saturated heterocycles. The van der Waals surface area contributed by atoms with Gasteiger partial charge in [-0.2, -0.15) is 0 Å². The summed E-state index contributed by atoms with van der Waals surface area (Å²) in [5, 5.41) is 0. The maximum Gasteiger partial charge on any atom is 0.240 e. The molecule has 2 aromatic rings. The van der Waals surface area contributed by atoms with Gasteiger partial charge in [0.1, 0.15) is 0 Å². The van der Waals surface area contributed by atoms with E-state index in [1.54, 1.807) is 30.5 Å². The van der Waals surface area contributed by atoms with Crippen molar-refractivity contribution in [2.24, 2.45) is 5.41 Å². The fraction of sp³-hybridized carbons (Fsp3) is 0.450. The van der Waals surface area contributed by atoms with Crippen LogP contribution >= 0.6 is 0 Å². The lowest BCUT2D eigenvalue weighted by Gasteiger charge is -2.54. The molecule has 1 N–H and O–H groups in total. The summed E-state index contributed by atoms with van der Waals surface area (Å²) < 4.78 is 28.3. The molecule has 4 rings (SSSR count). The molecule has 2 fully saturated rings. The van der Waals surface area contributed by atoms with Crippen LogP contribution in [-0.2, 0) is 16.6 Å². The second-order valence-electron chi connectivity index (χ2n) is 7.53. The van der Waals surface area contributed by atoms with Crippen LogP contribution < -0.4 is 4.72 Å². The second kappa shape index (κ2) is 7.10. The van der Waals surface area contributed by atoms with Gasteiger partial charge in [-0.25, -0.2) is 13.1 Å². The number of nitrogens with zero attached hydrogens (tertiary/aromatic N) is 2. The summed E-state index contributed by atoms with van der Waals surface area (Å²) in [6.07, 6.45) is 7.88. The molecule has 0 radical (unpaired) electrons. The van der Waals surface area contributed by atoms with E-state index in [1.807, 2.05) is 18.3 Å². The summed E-state index contributed by atoms with van der Waals surface area (Å²) in [5.41, 5.74) is 1.37. The van der Waals surface area contributed by atoms with E-state index in [2.05, 4.69) is 20.7 Å². The third-order valence-electron chi connectivity index (χ3n) is 6.00. The summed E-state index contributed by atoms with van der Waals surface area (Å²) in [6.45, 7) is 2.95. The summed E-state index contributed by atoms with van der Waals surface area (Å²) >= 11 is 0. The lowest BCUT2D eigenvalue weighted by atomic mass is 9.59. The Morgan fingerprint density at radius 1 is 1.08 bits per heavy atom. The number of piperidine rings is 1. The van der Waals surface area contributed by atoms with Crippen LogP contribution in [0.1, 0.15) is 31.2 Å². The third-order valence-corrected chi connectivity index (χ3v) is 7.49. The first-order chi connectivity index (χ1) is 12.6. The van der Waals surface area contributed by atoms with Gasteiger partial charge in [0, 0.05) is 25.0 Å². The maximum atomic E-state index is 12.6. The van der Waals surface area contributed by atoms with Crippen LogP contribution in [0.3, 0.4) is 0 Å². The molecule has 1 saturated carbocycles. The van der Waals surface area contributed by atoms with Crippen molar-refractivity contribution in [2.75, 3.05) is 13.1 Å². The minimum absolute atomic E-state index is 0.0632. The largest absolute Gasteiger partial charge is 0.299 e. The predicted octanol–water partition coefficient (Wildman–Crippen LogP) is 2.80. The van der Waals surface area contributed by atoms with Crippen molar-refractivity contribution in [1.29, 1.82) is 0 Å². The zero-order valence-electron chi connectivity index (χ0n) is 14.8. The highest BCUT2D eigenvalue weighted by Gasteiger charge is 2.49. The average molecular weight is 372 g/mol. The Morgan fingerprint density at radius 2 is 1.85 bits per heavy atom. The normalized spacial score (nSPS) is 22.8. The van der Waals surface area contributed by atoms with E-state index in [0.29, 0.717) is 4.90 Å². The molecule has 1 spiro atoms. The molecule has 6 heteroatoms. The number of rotatable bonds is 5. The Kier molecular flexibility index (Phi) is 4.82. The van der Waals surface area contributed by atoms with Gasteiger partial charge in [0.05, 0.1) is 4.90 Å². The predicted molar refractivity (Wildman–Crippen MR) is 101 cm³/mol. The Balaban J connectivity index is 1.37. The van der Waals surface area contributed by atoms with Crippen LogP contribution in [0.5, 0.6) is 0 Å². The standard InChI is InChI=1S/C20H25N3O2S/c24-26(25,18-6-2-1-3-7-18)22-19-8-9-20(19)10-13-23(14-11-20)16-17-5-4-12-21-15-17/h1-7,12,15,19,22H,8-11,13-14,16H2/t19-/m0/s1. The second-order valence-corrected chi connectivity index (χ2v) is 9.24. The smallest absolute Gasteiger partial charge is 0.240 e. The first kappa shape index (κ1) is 17.6. The van der Waals surface area contributed by atoms with E-state index in [0.717, 1.165) is 45.3 Å². The van der Waals surface area contributed by atoms with Crippen LogP contribution in [0, 0.1) is 5.41 Å². The van der Waals surface area contributed by atoms with Crippen molar-refractivity contribution < 1.29 is 8.42 Å². The van der Waals surface area contributed by atoms with E-state index < -0.39 is 10.0 Å². The molecule has 138 valence electrons. The molecule has 0 unspecified atom stereocenters. The van der Waals surface area contributed by atoms with Crippen molar-refractivity contribution in [3.05, 3.63) is 60.4 Å². The van der Waals surface area contributed by atoms with Gasteiger partial charge in [0.25, 0.3) is 0 Å². The number of hydrogen-bond donors (Lipinski definition) is 1. The van der Waals surface area contributed by atoms with Gasteiger partial charge in [0.15, 0.2) is 0 Å². The lowest BCUT2D eigenvalue weighted by molar-refractivity contribution is 0.000680. The van der Waals surface area contributed by atoms with Crippen molar-refractivity contribution in [2.45, 2.75) is 43.2 Å². The van der Waals surface area contributed by atoms with Gasteiger partial charge in [-0.1, -0.05) is 24.3 Å². The van der Waals surface area contributed by atoms with Crippen LogP contribution in [0.4, 0.5) is 0 Å². The number of nitrogens with one attached hydrogen (secondary N) is 1. The molecule has 0 amide bonds. The fourth-order valence-corrected chi connectivity index (χ4v) is 5.63. The van der Waals surface area contributed by atoms with Crippen LogP contribution in [-0.4, -0.2) is 37.4 Å². The summed E-state index contributed by atoms with van der Waals surface area (Å²) in [4.78, 5) is 6.99. The minimum atomic E-state index is -3.43. The van der Waals surface area contributed by atoms with Crippen molar-refractivity contribution >= 4 is 10.0 Å². The van der Waals surface area contributed by atoms with E-state index >= 15 is 0 Å². The third kappa shape index (κ3) is 3.54. The molecular weight excluding hydrogens is 346 g/mol. The highest BCUT2D eigenvalue weighted by atomic mass is 32.2. The van der Waals surface area contributed by atoms with Gasteiger partial charge < -0.3 is 0 Å². The first-order valence-corrected chi connectivity index (χ1v) is 10.7. The minimum Gasteiger partial charge on any atom is -0.299 e. The quantitative estimate of drug-likeness (QED) is 0.878. The Hall–Kier alpha value is -1.76. The number of sulfonamides is 1.